The van der Waals surface area contributed by atoms with Crippen LogP contribution in [0.25, 0.3) is 0 Å². The molecule has 20 heavy (non-hydrogen) atoms. The molecule has 2 atom stereocenters. The molecule has 1 aromatic rings. The van der Waals surface area contributed by atoms with Crippen LogP contribution >= 0.6 is 67.8 Å². The number of halogens is 3. The van der Waals surface area contributed by atoms with Crippen LogP contribution in [0.1, 0.15) is 16.8 Å². The summed E-state index contributed by atoms with van der Waals surface area (Å²) >= 11 is 6.35. The number of carbonyl (C=O) groups is 2. The highest BCUT2D eigenvalue weighted by Crippen LogP contribution is 2.27. The van der Waals surface area contributed by atoms with Gasteiger partial charge in [-0.15, -0.1) is 0 Å². The van der Waals surface area contributed by atoms with Crippen molar-refractivity contribution in [3.05, 3.63) is 28.4 Å². The molecule has 1 aromatic carbocycles. The molecule has 0 unspecified atom stereocenters. The first-order valence-corrected chi connectivity index (χ1v) is 8.91. The largest absolute Gasteiger partial charge is 0.480 e. The van der Waals surface area contributed by atoms with E-state index in [1.54, 1.807) is 6.07 Å². The molecule has 1 aliphatic heterocycles. The molecule has 2 rings (SSSR count). The highest BCUT2D eigenvalue weighted by atomic mass is 127. The summed E-state index contributed by atoms with van der Waals surface area (Å²) in [6.45, 7) is 0.0634. The monoisotopic (exact) mass is 613 g/mol. The molecule has 2 N–H and O–H groups in total. The predicted octanol–water partition coefficient (Wildman–Crippen LogP) is 2.16. The summed E-state index contributed by atoms with van der Waals surface area (Å²) in [5, 5.41) is 18.8. The standard InChI is InChI=1S/C12H10I3NO4/c13-5-1-7(10(15)8(14)2-5)11(18)16-4-6(17)3-9(16)12(19)20/h1-2,6,9,17H,3-4H2,(H,19,20)/t6-,9+/m1/s1. The van der Waals surface area contributed by atoms with Crippen molar-refractivity contribution in [2.75, 3.05) is 6.54 Å². The van der Waals surface area contributed by atoms with Gasteiger partial charge in [-0.1, -0.05) is 0 Å². The van der Waals surface area contributed by atoms with E-state index < -0.39 is 18.1 Å². The van der Waals surface area contributed by atoms with Crippen LogP contribution in [0.15, 0.2) is 12.1 Å². The Morgan fingerprint density at radius 1 is 1.25 bits per heavy atom. The topological polar surface area (TPSA) is 77.8 Å². The Labute approximate surface area is 156 Å². The summed E-state index contributed by atoms with van der Waals surface area (Å²) in [6, 6.07) is 2.74. The summed E-state index contributed by atoms with van der Waals surface area (Å²) in [4.78, 5) is 25.0. The Balaban J connectivity index is 2.38. The molecule has 0 radical (unpaired) electrons. The third-order valence-corrected chi connectivity index (χ3v) is 6.72. The Morgan fingerprint density at radius 2 is 1.90 bits per heavy atom. The quantitative estimate of drug-likeness (QED) is 0.397. The van der Waals surface area contributed by atoms with E-state index >= 15 is 0 Å². The number of carbonyl (C=O) groups excluding carboxylic acids is 1. The average molecular weight is 613 g/mol. The van der Waals surface area contributed by atoms with E-state index in [2.05, 4.69) is 67.8 Å². The number of β-amino-alcohol motifs (C(OH)–C–C–N with tert-alkyl or cyclic N) is 1. The van der Waals surface area contributed by atoms with Gasteiger partial charge in [-0.2, -0.15) is 0 Å². The number of aliphatic hydroxyl groups is 1. The molecule has 5 nitrogen and oxygen atoms in total. The average Bonchev–Trinajstić information content (AvgIpc) is 2.75. The molecule has 0 saturated carbocycles. The molecule has 1 aliphatic rings. The van der Waals surface area contributed by atoms with E-state index in [4.69, 9.17) is 5.11 Å². The van der Waals surface area contributed by atoms with E-state index in [-0.39, 0.29) is 18.9 Å². The third-order valence-electron chi connectivity index (χ3n) is 3.05. The summed E-state index contributed by atoms with van der Waals surface area (Å²) in [5.74, 6) is -1.42. The van der Waals surface area contributed by atoms with Crippen LogP contribution in [-0.4, -0.2) is 45.7 Å². The Bertz CT molecular complexity index is 578. The fourth-order valence-electron chi connectivity index (χ4n) is 2.14. The summed E-state index contributed by atoms with van der Waals surface area (Å²) < 4.78 is 2.67. The van der Waals surface area contributed by atoms with E-state index in [9.17, 15) is 14.7 Å². The van der Waals surface area contributed by atoms with Crippen molar-refractivity contribution in [1.29, 1.82) is 0 Å². The molecule has 1 saturated heterocycles. The predicted molar refractivity (Wildman–Crippen MR) is 97.7 cm³/mol. The minimum Gasteiger partial charge on any atom is -0.480 e. The molecule has 0 aliphatic carbocycles. The number of rotatable bonds is 2. The fraction of sp³-hybridized carbons (Fsp3) is 0.333. The molecule has 0 spiro atoms. The number of aliphatic carboxylic acids is 1. The van der Waals surface area contributed by atoms with E-state index in [0.29, 0.717) is 5.56 Å². The van der Waals surface area contributed by atoms with Gasteiger partial charge in [0.1, 0.15) is 6.04 Å². The van der Waals surface area contributed by atoms with E-state index in [1.807, 2.05) is 6.07 Å². The molecular weight excluding hydrogens is 603 g/mol. The van der Waals surface area contributed by atoms with E-state index in [0.717, 1.165) is 10.7 Å². The van der Waals surface area contributed by atoms with Crippen molar-refractivity contribution < 1.29 is 19.8 Å². The summed E-state index contributed by atoms with van der Waals surface area (Å²) in [6.07, 6.45) is -0.696. The Kier molecular flexibility index (Phi) is 5.51. The van der Waals surface area contributed by atoms with Crippen molar-refractivity contribution in [3.8, 4) is 0 Å². The second kappa shape index (κ2) is 6.60. The lowest BCUT2D eigenvalue weighted by Crippen LogP contribution is -2.41. The third kappa shape index (κ3) is 3.38. The molecular formula is C12H10I3NO4. The summed E-state index contributed by atoms with van der Waals surface area (Å²) in [5.41, 5.74) is 0.488. The molecule has 0 bridgehead atoms. The maximum Gasteiger partial charge on any atom is 0.326 e. The van der Waals surface area contributed by atoms with Crippen LogP contribution < -0.4 is 0 Å². The second-order valence-electron chi connectivity index (χ2n) is 4.45. The van der Waals surface area contributed by atoms with Gasteiger partial charge < -0.3 is 15.1 Å². The van der Waals surface area contributed by atoms with Gasteiger partial charge in [-0.3, -0.25) is 4.79 Å². The minimum absolute atomic E-state index is 0.0634. The maximum atomic E-state index is 12.6. The minimum atomic E-state index is -1.08. The lowest BCUT2D eigenvalue weighted by molar-refractivity contribution is -0.141. The zero-order valence-electron chi connectivity index (χ0n) is 10.0. The van der Waals surface area contributed by atoms with Crippen molar-refractivity contribution in [3.63, 3.8) is 0 Å². The van der Waals surface area contributed by atoms with Crippen LogP contribution in [0.4, 0.5) is 0 Å². The fourth-order valence-corrected chi connectivity index (χ4v) is 4.53. The molecule has 1 heterocycles. The normalized spacial score (nSPS) is 22.1. The van der Waals surface area contributed by atoms with Gasteiger partial charge in [0.2, 0.25) is 0 Å². The number of hydrogen-bond donors (Lipinski definition) is 2. The SMILES string of the molecule is O=C(O)[C@@H]1C[C@@H](O)CN1C(=O)c1cc(I)cc(I)c1I. The number of nitrogens with zero attached hydrogens (tertiary/aromatic N) is 1. The number of carboxylic acid groups (broad SMARTS) is 1. The van der Waals surface area contributed by atoms with Crippen molar-refractivity contribution in [2.45, 2.75) is 18.6 Å². The van der Waals surface area contributed by atoms with Crippen molar-refractivity contribution >= 4 is 79.6 Å². The number of benzene rings is 1. The highest BCUT2D eigenvalue weighted by Gasteiger charge is 2.39. The van der Waals surface area contributed by atoms with Crippen molar-refractivity contribution in [2.24, 2.45) is 0 Å². The number of hydrogen-bond acceptors (Lipinski definition) is 3. The first kappa shape index (κ1) is 16.7. The van der Waals surface area contributed by atoms with Gasteiger partial charge in [0.05, 0.1) is 11.7 Å². The maximum absolute atomic E-state index is 12.6. The van der Waals surface area contributed by atoms with Gasteiger partial charge in [-0.25, -0.2) is 4.79 Å². The molecule has 1 fully saturated rings. The Morgan fingerprint density at radius 3 is 2.50 bits per heavy atom. The van der Waals surface area contributed by atoms with E-state index in [1.165, 1.54) is 4.90 Å². The number of aliphatic hydroxyl groups excluding tert-OH is 1. The van der Waals surface area contributed by atoms with Crippen LogP contribution in [0, 0.1) is 10.7 Å². The number of amides is 1. The van der Waals surface area contributed by atoms with Gasteiger partial charge in [0, 0.05) is 23.7 Å². The molecule has 0 aromatic heterocycles. The number of carboxylic acids is 1. The first-order valence-electron chi connectivity index (χ1n) is 5.67. The van der Waals surface area contributed by atoms with Crippen molar-refractivity contribution in [1.82, 2.24) is 4.90 Å². The highest BCUT2D eigenvalue weighted by molar-refractivity contribution is 14.1. The second-order valence-corrected chi connectivity index (χ2v) is 7.94. The molecule has 108 valence electrons. The Hall–Kier alpha value is 0.310. The van der Waals surface area contributed by atoms with Gasteiger partial charge in [0.25, 0.3) is 5.91 Å². The van der Waals surface area contributed by atoms with Crippen LogP contribution in [0.5, 0.6) is 0 Å². The summed E-state index contributed by atoms with van der Waals surface area (Å²) in [7, 11) is 0. The smallest absolute Gasteiger partial charge is 0.326 e. The molecule has 1 amide bonds. The lowest BCUT2D eigenvalue weighted by Gasteiger charge is -2.22. The van der Waals surface area contributed by atoms with Gasteiger partial charge in [-0.05, 0) is 79.9 Å². The van der Waals surface area contributed by atoms with Crippen LogP contribution in [-0.2, 0) is 4.79 Å². The number of likely N-dealkylation sites (tertiary alicyclic amines) is 1. The van der Waals surface area contributed by atoms with Gasteiger partial charge in [0.15, 0.2) is 0 Å². The first-order chi connectivity index (χ1) is 9.31. The lowest BCUT2D eigenvalue weighted by atomic mass is 10.1. The van der Waals surface area contributed by atoms with Crippen LogP contribution in [0.3, 0.4) is 0 Å². The zero-order valence-corrected chi connectivity index (χ0v) is 16.5. The molecule has 8 heteroatoms. The van der Waals surface area contributed by atoms with Crippen LogP contribution in [0.2, 0.25) is 0 Å². The van der Waals surface area contributed by atoms with Gasteiger partial charge >= 0.3 is 5.97 Å². The zero-order chi connectivity index (χ0) is 15.0.